The maximum absolute atomic E-state index is 12.3. The molecule has 6 heteroatoms. The van der Waals surface area contributed by atoms with Crippen LogP contribution in [0.4, 0.5) is 5.69 Å². The number of rotatable bonds is 6. The van der Waals surface area contributed by atoms with Crippen LogP contribution in [0.1, 0.15) is 21.5 Å². The minimum Gasteiger partial charge on any atom is -0.348 e. The number of halogens is 1. The van der Waals surface area contributed by atoms with Crippen LogP contribution in [0.2, 0.25) is 0 Å². The summed E-state index contributed by atoms with van der Waals surface area (Å²) < 4.78 is 0.944. The van der Waals surface area contributed by atoms with Gasteiger partial charge in [0.2, 0.25) is 5.91 Å². The molecule has 1 aromatic heterocycles. The Labute approximate surface area is 166 Å². The highest BCUT2D eigenvalue weighted by Gasteiger charge is 2.07. The van der Waals surface area contributed by atoms with Crippen molar-refractivity contribution in [3.05, 3.63) is 94.2 Å². The zero-order valence-corrected chi connectivity index (χ0v) is 16.1. The molecule has 0 aliphatic heterocycles. The molecule has 0 spiro atoms. The van der Waals surface area contributed by atoms with E-state index in [4.69, 9.17) is 0 Å². The minimum atomic E-state index is -0.188. The van der Waals surface area contributed by atoms with Gasteiger partial charge in [-0.2, -0.15) is 0 Å². The number of hydrogen-bond donors (Lipinski definition) is 2. The summed E-state index contributed by atoms with van der Waals surface area (Å²) in [6.45, 7) is 0.364. The van der Waals surface area contributed by atoms with E-state index in [0.29, 0.717) is 24.2 Å². The second-order valence-corrected chi connectivity index (χ2v) is 6.90. The Morgan fingerprint density at radius 3 is 2.56 bits per heavy atom. The van der Waals surface area contributed by atoms with Gasteiger partial charge in [0, 0.05) is 29.1 Å². The lowest BCUT2D eigenvalue weighted by Gasteiger charge is -2.09. The predicted molar refractivity (Wildman–Crippen MR) is 108 cm³/mol. The highest BCUT2D eigenvalue weighted by atomic mass is 79.9. The van der Waals surface area contributed by atoms with Crippen LogP contribution in [-0.4, -0.2) is 16.8 Å². The highest BCUT2D eigenvalue weighted by Crippen LogP contribution is 2.14. The van der Waals surface area contributed by atoms with Gasteiger partial charge < -0.3 is 10.6 Å². The monoisotopic (exact) mass is 423 g/mol. The first-order valence-corrected chi connectivity index (χ1v) is 9.21. The van der Waals surface area contributed by atoms with E-state index in [-0.39, 0.29) is 11.8 Å². The van der Waals surface area contributed by atoms with E-state index in [9.17, 15) is 9.59 Å². The molecule has 0 fully saturated rings. The molecular formula is C21H18BrN3O2. The maximum Gasteiger partial charge on any atom is 0.253 e. The van der Waals surface area contributed by atoms with Gasteiger partial charge >= 0.3 is 0 Å². The molecule has 27 heavy (non-hydrogen) atoms. The first-order chi connectivity index (χ1) is 13.1. The Bertz CT molecular complexity index is 945. The van der Waals surface area contributed by atoms with Crippen molar-refractivity contribution in [3.63, 3.8) is 0 Å². The molecule has 3 rings (SSSR count). The van der Waals surface area contributed by atoms with Crippen molar-refractivity contribution in [1.82, 2.24) is 10.3 Å². The summed E-state index contributed by atoms with van der Waals surface area (Å²) in [5.41, 5.74) is 3.04. The van der Waals surface area contributed by atoms with Gasteiger partial charge in [-0.3, -0.25) is 14.6 Å². The van der Waals surface area contributed by atoms with Gasteiger partial charge in [-0.15, -0.1) is 0 Å². The standard InChI is InChI=1S/C21H18BrN3O2/c22-18-7-1-4-15(10-18)12-20(26)25-19-8-2-5-16(11-19)13-24-21(27)17-6-3-9-23-14-17/h1-11,14H,12-13H2,(H,24,27)(H,25,26). The van der Waals surface area contributed by atoms with Crippen molar-refractivity contribution in [1.29, 1.82) is 0 Å². The van der Waals surface area contributed by atoms with Crippen molar-refractivity contribution in [2.75, 3.05) is 5.32 Å². The SMILES string of the molecule is O=C(Cc1cccc(Br)c1)Nc1cccc(CNC(=O)c2cccnc2)c1. The summed E-state index contributed by atoms with van der Waals surface area (Å²) >= 11 is 3.40. The third-order valence-corrected chi connectivity index (χ3v) is 4.33. The fourth-order valence-corrected chi connectivity index (χ4v) is 3.02. The Morgan fingerprint density at radius 2 is 1.78 bits per heavy atom. The van der Waals surface area contributed by atoms with Gasteiger partial charge in [-0.1, -0.05) is 40.2 Å². The molecule has 0 unspecified atom stereocenters. The third kappa shape index (κ3) is 5.76. The second kappa shape index (κ2) is 9.09. The van der Waals surface area contributed by atoms with E-state index in [2.05, 4.69) is 31.5 Å². The number of benzene rings is 2. The van der Waals surface area contributed by atoms with Crippen LogP contribution in [0.15, 0.2) is 77.5 Å². The van der Waals surface area contributed by atoms with Crippen LogP contribution < -0.4 is 10.6 Å². The average Bonchev–Trinajstić information content (AvgIpc) is 2.67. The van der Waals surface area contributed by atoms with E-state index in [1.807, 2.05) is 48.5 Å². The lowest BCUT2D eigenvalue weighted by atomic mass is 10.1. The first-order valence-electron chi connectivity index (χ1n) is 8.41. The molecule has 2 N–H and O–H groups in total. The van der Waals surface area contributed by atoms with Crippen molar-refractivity contribution < 1.29 is 9.59 Å². The fourth-order valence-electron chi connectivity index (χ4n) is 2.58. The number of carbonyl (C=O) groups excluding carboxylic acids is 2. The van der Waals surface area contributed by atoms with Gasteiger partial charge in [-0.05, 0) is 47.5 Å². The largest absolute Gasteiger partial charge is 0.348 e. The Kier molecular flexibility index (Phi) is 6.33. The van der Waals surface area contributed by atoms with E-state index < -0.39 is 0 Å². The van der Waals surface area contributed by atoms with Crippen molar-refractivity contribution >= 4 is 33.4 Å². The summed E-state index contributed by atoms with van der Waals surface area (Å²) in [6.07, 6.45) is 3.44. The highest BCUT2D eigenvalue weighted by molar-refractivity contribution is 9.10. The number of amides is 2. The summed E-state index contributed by atoms with van der Waals surface area (Å²) in [7, 11) is 0. The normalized spacial score (nSPS) is 10.3. The van der Waals surface area contributed by atoms with E-state index in [0.717, 1.165) is 15.6 Å². The summed E-state index contributed by atoms with van der Waals surface area (Å²) in [4.78, 5) is 28.3. The van der Waals surface area contributed by atoms with Gasteiger partial charge in [0.05, 0.1) is 12.0 Å². The number of anilines is 1. The van der Waals surface area contributed by atoms with E-state index in [1.54, 1.807) is 18.3 Å². The molecule has 5 nitrogen and oxygen atoms in total. The third-order valence-electron chi connectivity index (χ3n) is 3.84. The number of aromatic nitrogens is 1. The topological polar surface area (TPSA) is 71.1 Å². The van der Waals surface area contributed by atoms with E-state index >= 15 is 0 Å². The number of nitrogens with one attached hydrogen (secondary N) is 2. The fraction of sp³-hybridized carbons (Fsp3) is 0.0952. The van der Waals surface area contributed by atoms with Gasteiger partial charge in [0.15, 0.2) is 0 Å². The molecule has 0 aliphatic rings. The van der Waals surface area contributed by atoms with Gasteiger partial charge in [0.25, 0.3) is 5.91 Å². The molecule has 136 valence electrons. The first kappa shape index (κ1) is 18.8. The van der Waals surface area contributed by atoms with Crippen molar-refractivity contribution in [3.8, 4) is 0 Å². The quantitative estimate of drug-likeness (QED) is 0.630. The number of hydrogen-bond acceptors (Lipinski definition) is 3. The van der Waals surface area contributed by atoms with Crippen LogP contribution in [0.5, 0.6) is 0 Å². The zero-order valence-electron chi connectivity index (χ0n) is 14.5. The Morgan fingerprint density at radius 1 is 0.963 bits per heavy atom. The number of nitrogens with zero attached hydrogens (tertiary/aromatic N) is 1. The molecule has 0 radical (unpaired) electrons. The van der Waals surface area contributed by atoms with Crippen molar-refractivity contribution in [2.24, 2.45) is 0 Å². The number of pyridine rings is 1. The van der Waals surface area contributed by atoms with Crippen LogP contribution >= 0.6 is 15.9 Å². The van der Waals surface area contributed by atoms with Gasteiger partial charge in [0.1, 0.15) is 0 Å². The Balaban J connectivity index is 1.57. The lowest BCUT2D eigenvalue weighted by molar-refractivity contribution is -0.115. The summed E-state index contributed by atoms with van der Waals surface area (Å²) in [5.74, 6) is -0.281. The lowest BCUT2D eigenvalue weighted by Crippen LogP contribution is -2.23. The second-order valence-electron chi connectivity index (χ2n) is 5.98. The summed E-state index contributed by atoms with van der Waals surface area (Å²) in [5, 5.41) is 5.74. The minimum absolute atomic E-state index is 0.0929. The van der Waals surface area contributed by atoms with Crippen LogP contribution in [0.3, 0.4) is 0 Å². The molecule has 0 aliphatic carbocycles. The molecule has 2 amide bonds. The van der Waals surface area contributed by atoms with Crippen LogP contribution in [0.25, 0.3) is 0 Å². The molecule has 3 aromatic rings. The summed E-state index contributed by atoms with van der Waals surface area (Å²) in [6, 6.07) is 18.5. The van der Waals surface area contributed by atoms with Crippen molar-refractivity contribution in [2.45, 2.75) is 13.0 Å². The predicted octanol–water partition coefficient (Wildman–Crippen LogP) is 3.96. The molecule has 0 atom stereocenters. The molecule has 0 saturated heterocycles. The maximum atomic E-state index is 12.3. The molecule has 2 aromatic carbocycles. The number of carbonyl (C=O) groups is 2. The smallest absolute Gasteiger partial charge is 0.253 e. The van der Waals surface area contributed by atoms with Gasteiger partial charge in [-0.25, -0.2) is 0 Å². The van der Waals surface area contributed by atoms with Crippen LogP contribution in [-0.2, 0) is 17.8 Å². The van der Waals surface area contributed by atoms with Crippen LogP contribution in [0, 0.1) is 0 Å². The Hall–Kier alpha value is -2.99. The molecular weight excluding hydrogens is 406 g/mol. The molecule has 0 bridgehead atoms. The van der Waals surface area contributed by atoms with E-state index in [1.165, 1.54) is 6.20 Å². The molecule has 0 saturated carbocycles. The average molecular weight is 424 g/mol. The molecule has 1 heterocycles. The zero-order chi connectivity index (χ0) is 19.1.